The summed E-state index contributed by atoms with van der Waals surface area (Å²) in [6, 6.07) is 12.3. The van der Waals surface area contributed by atoms with Crippen molar-refractivity contribution in [3.63, 3.8) is 0 Å². The Labute approximate surface area is 100 Å². The first kappa shape index (κ1) is 11.5. The van der Waals surface area contributed by atoms with Gasteiger partial charge in [0.15, 0.2) is 0 Å². The fourth-order valence-electron chi connectivity index (χ4n) is 1.84. The molecule has 0 heterocycles. The van der Waals surface area contributed by atoms with Crippen LogP contribution >= 0.6 is 0 Å². The van der Waals surface area contributed by atoms with Crippen molar-refractivity contribution in [3.05, 3.63) is 48.0 Å². The summed E-state index contributed by atoms with van der Waals surface area (Å²) in [5.74, 6) is 0.514. The van der Waals surface area contributed by atoms with Gasteiger partial charge in [0, 0.05) is 6.54 Å². The van der Waals surface area contributed by atoms with E-state index in [2.05, 4.69) is 5.32 Å². The quantitative estimate of drug-likeness (QED) is 0.758. The highest BCUT2D eigenvalue weighted by atomic mass is 16.3. The van der Waals surface area contributed by atoms with Crippen molar-refractivity contribution in [1.29, 1.82) is 0 Å². The predicted molar refractivity (Wildman–Crippen MR) is 68.0 cm³/mol. The second-order valence-corrected chi connectivity index (χ2v) is 3.92. The topological polar surface area (TPSA) is 52.5 Å². The van der Waals surface area contributed by atoms with Gasteiger partial charge >= 0.3 is 0 Å². The largest absolute Gasteiger partial charge is 0.508 e. The molecule has 17 heavy (non-hydrogen) atoms. The Morgan fingerprint density at radius 2 is 1.59 bits per heavy atom. The van der Waals surface area contributed by atoms with Gasteiger partial charge in [-0.3, -0.25) is 0 Å². The molecule has 0 saturated carbocycles. The SMILES string of the molecule is CNCc1cc(O)ccc1-c1ccc(O)cc1. The summed E-state index contributed by atoms with van der Waals surface area (Å²) in [5, 5.41) is 21.8. The van der Waals surface area contributed by atoms with E-state index < -0.39 is 0 Å². The highest BCUT2D eigenvalue weighted by Gasteiger charge is 2.05. The van der Waals surface area contributed by atoms with Crippen LogP contribution in [0.1, 0.15) is 5.56 Å². The summed E-state index contributed by atoms with van der Waals surface area (Å²) in [6.45, 7) is 0.685. The molecule has 0 unspecified atom stereocenters. The van der Waals surface area contributed by atoms with E-state index in [-0.39, 0.29) is 11.5 Å². The van der Waals surface area contributed by atoms with Gasteiger partial charge in [-0.15, -0.1) is 0 Å². The first-order valence-electron chi connectivity index (χ1n) is 5.46. The third-order valence-corrected chi connectivity index (χ3v) is 2.63. The van der Waals surface area contributed by atoms with Gasteiger partial charge in [-0.25, -0.2) is 0 Å². The van der Waals surface area contributed by atoms with Crippen molar-refractivity contribution in [1.82, 2.24) is 5.32 Å². The van der Waals surface area contributed by atoms with Crippen molar-refractivity contribution in [2.75, 3.05) is 7.05 Å². The van der Waals surface area contributed by atoms with E-state index in [0.717, 1.165) is 16.7 Å². The minimum Gasteiger partial charge on any atom is -0.508 e. The molecule has 0 fully saturated rings. The van der Waals surface area contributed by atoms with Crippen LogP contribution in [0.3, 0.4) is 0 Å². The second-order valence-electron chi connectivity index (χ2n) is 3.92. The summed E-state index contributed by atoms with van der Waals surface area (Å²) in [4.78, 5) is 0. The van der Waals surface area contributed by atoms with Gasteiger partial charge in [-0.05, 0) is 48.0 Å². The number of hydrogen-bond donors (Lipinski definition) is 3. The lowest BCUT2D eigenvalue weighted by Crippen LogP contribution is -2.06. The summed E-state index contributed by atoms with van der Waals surface area (Å²) < 4.78 is 0. The van der Waals surface area contributed by atoms with E-state index in [0.29, 0.717) is 6.54 Å². The third-order valence-electron chi connectivity index (χ3n) is 2.63. The Kier molecular flexibility index (Phi) is 3.30. The zero-order valence-electron chi connectivity index (χ0n) is 9.64. The van der Waals surface area contributed by atoms with Crippen LogP contribution in [0.4, 0.5) is 0 Å². The lowest BCUT2D eigenvalue weighted by atomic mass is 9.99. The molecular formula is C14H15NO2. The molecule has 0 aliphatic carbocycles. The first-order valence-corrected chi connectivity index (χ1v) is 5.46. The van der Waals surface area contributed by atoms with E-state index in [1.807, 2.05) is 25.2 Å². The molecule has 0 radical (unpaired) electrons. The number of rotatable bonds is 3. The van der Waals surface area contributed by atoms with Gasteiger partial charge in [-0.1, -0.05) is 18.2 Å². The average Bonchev–Trinajstić information content (AvgIpc) is 2.31. The van der Waals surface area contributed by atoms with Crippen LogP contribution in [0.2, 0.25) is 0 Å². The zero-order valence-corrected chi connectivity index (χ0v) is 9.64. The van der Waals surface area contributed by atoms with Crippen LogP contribution in [0, 0.1) is 0 Å². The molecule has 0 atom stereocenters. The Bertz CT molecular complexity index is 506. The molecule has 0 spiro atoms. The minimum absolute atomic E-state index is 0.252. The number of benzene rings is 2. The molecule has 0 amide bonds. The van der Waals surface area contributed by atoms with Gasteiger partial charge in [0.1, 0.15) is 11.5 Å². The molecule has 0 aliphatic heterocycles. The number of phenolic OH excluding ortho intramolecular Hbond substituents is 2. The predicted octanol–water partition coefficient (Wildman–Crippen LogP) is 2.48. The number of phenols is 2. The molecule has 2 aromatic carbocycles. The lowest BCUT2D eigenvalue weighted by molar-refractivity contribution is 0.474. The van der Waals surface area contributed by atoms with Crippen molar-refractivity contribution < 1.29 is 10.2 Å². The molecule has 2 rings (SSSR count). The maximum Gasteiger partial charge on any atom is 0.115 e. The first-order chi connectivity index (χ1) is 8.20. The lowest BCUT2D eigenvalue weighted by Gasteiger charge is -2.10. The van der Waals surface area contributed by atoms with E-state index in [1.165, 1.54) is 0 Å². The van der Waals surface area contributed by atoms with Gasteiger partial charge in [0.2, 0.25) is 0 Å². The summed E-state index contributed by atoms with van der Waals surface area (Å²) in [6.07, 6.45) is 0. The molecule has 88 valence electrons. The van der Waals surface area contributed by atoms with Crippen LogP contribution in [0.25, 0.3) is 11.1 Å². The highest BCUT2D eigenvalue weighted by Crippen LogP contribution is 2.28. The molecule has 0 bridgehead atoms. The Hall–Kier alpha value is -2.00. The Balaban J connectivity index is 2.46. The highest BCUT2D eigenvalue weighted by molar-refractivity contribution is 5.68. The van der Waals surface area contributed by atoms with Gasteiger partial charge < -0.3 is 15.5 Å². The van der Waals surface area contributed by atoms with Crippen LogP contribution < -0.4 is 5.32 Å². The molecule has 3 N–H and O–H groups in total. The van der Waals surface area contributed by atoms with Crippen LogP contribution in [0.15, 0.2) is 42.5 Å². The summed E-state index contributed by atoms with van der Waals surface area (Å²) >= 11 is 0. The summed E-state index contributed by atoms with van der Waals surface area (Å²) in [7, 11) is 1.87. The minimum atomic E-state index is 0.252. The van der Waals surface area contributed by atoms with Gasteiger partial charge in [-0.2, -0.15) is 0 Å². The zero-order chi connectivity index (χ0) is 12.3. The Morgan fingerprint density at radius 3 is 2.24 bits per heavy atom. The monoisotopic (exact) mass is 229 g/mol. The number of hydrogen-bond acceptors (Lipinski definition) is 3. The number of nitrogens with one attached hydrogen (secondary N) is 1. The van der Waals surface area contributed by atoms with Crippen molar-refractivity contribution in [2.24, 2.45) is 0 Å². The van der Waals surface area contributed by atoms with Crippen molar-refractivity contribution in [3.8, 4) is 22.6 Å². The molecule has 3 nitrogen and oxygen atoms in total. The van der Waals surface area contributed by atoms with Crippen LogP contribution in [0.5, 0.6) is 11.5 Å². The van der Waals surface area contributed by atoms with Crippen molar-refractivity contribution in [2.45, 2.75) is 6.54 Å². The Morgan fingerprint density at radius 1 is 0.941 bits per heavy atom. The molecule has 2 aromatic rings. The van der Waals surface area contributed by atoms with Crippen LogP contribution in [-0.4, -0.2) is 17.3 Å². The molecule has 0 aliphatic rings. The van der Waals surface area contributed by atoms with Crippen molar-refractivity contribution >= 4 is 0 Å². The third kappa shape index (κ3) is 2.57. The fourth-order valence-corrected chi connectivity index (χ4v) is 1.84. The van der Waals surface area contributed by atoms with Gasteiger partial charge in [0.25, 0.3) is 0 Å². The van der Waals surface area contributed by atoms with E-state index in [4.69, 9.17) is 0 Å². The van der Waals surface area contributed by atoms with E-state index in [9.17, 15) is 10.2 Å². The number of aromatic hydroxyl groups is 2. The molecule has 3 heteroatoms. The normalized spacial score (nSPS) is 10.4. The fraction of sp³-hybridized carbons (Fsp3) is 0.143. The van der Waals surface area contributed by atoms with Crippen LogP contribution in [-0.2, 0) is 6.54 Å². The summed E-state index contributed by atoms with van der Waals surface area (Å²) in [5.41, 5.74) is 3.10. The second kappa shape index (κ2) is 4.89. The smallest absolute Gasteiger partial charge is 0.115 e. The molecule has 0 saturated heterocycles. The average molecular weight is 229 g/mol. The maximum absolute atomic E-state index is 9.49. The molecular weight excluding hydrogens is 214 g/mol. The maximum atomic E-state index is 9.49. The standard InChI is InChI=1S/C14H15NO2/c1-15-9-11-8-13(17)6-7-14(11)10-2-4-12(16)5-3-10/h2-8,15-17H,9H2,1H3. The molecule has 0 aromatic heterocycles. The van der Waals surface area contributed by atoms with E-state index >= 15 is 0 Å². The van der Waals surface area contributed by atoms with Gasteiger partial charge in [0.05, 0.1) is 0 Å². The van der Waals surface area contributed by atoms with E-state index in [1.54, 1.807) is 24.3 Å².